The molecule has 0 saturated heterocycles. The SMILES string of the molecule is C[n+]1ccc(-c2cc3ccc(N(CCO)CCO)cc3oc2=O)cc1. The Kier molecular flexibility index (Phi) is 5.11. The minimum atomic E-state index is -0.394. The average molecular weight is 341 g/mol. The molecule has 0 unspecified atom stereocenters. The Morgan fingerprint density at radius 3 is 2.36 bits per heavy atom. The van der Waals surface area contributed by atoms with Gasteiger partial charge < -0.3 is 19.5 Å². The number of aryl methyl sites for hydroxylation is 1. The van der Waals surface area contributed by atoms with Gasteiger partial charge in [0.25, 0.3) is 0 Å². The van der Waals surface area contributed by atoms with Crippen LogP contribution in [0.15, 0.2) is 58.0 Å². The number of aromatic nitrogens is 1. The highest BCUT2D eigenvalue weighted by Gasteiger charge is 2.11. The minimum Gasteiger partial charge on any atom is -0.422 e. The van der Waals surface area contributed by atoms with E-state index in [1.807, 2.05) is 59.2 Å². The molecule has 3 aromatic rings. The van der Waals surface area contributed by atoms with Crippen LogP contribution < -0.4 is 15.1 Å². The summed E-state index contributed by atoms with van der Waals surface area (Å²) in [6, 6.07) is 11.1. The van der Waals surface area contributed by atoms with E-state index < -0.39 is 5.63 Å². The number of fused-ring (bicyclic) bond motifs is 1. The standard InChI is InChI=1S/C19H21N2O4/c1-20-6-4-14(5-7-20)17-12-15-2-3-16(13-18(15)25-19(17)24)21(8-10-22)9-11-23/h2-7,12-13,22-23H,8-11H2,1H3/q+1. The van der Waals surface area contributed by atoms with Gasteiger partial charge in [-0.25, -0.2) is 9.36 Å². The van der Waals surface area contributed by atoms with Crippen LogP contribution in [0.2, 0.25) is 0 Å². The number of anilines is 1. The van der Waals surface area contributed by atoms with Crippen molar-refractivity contribution in [3.63, 3.8) is 0 Å². The summed E-state index contributed by atoms with van der Waals surface area (Å²) < 4.78 is 7.41. The van der Waals surface area contributed by atoms with E-state index in [9.17, 15) is 4.79 Å². The van der Waals surface area contributed by atoms with Crippen LogP contribution in [0.5, 0.6) is 0 Å². The molecule has 1 aromatic carbocycles. The normalized spacial score (nSPS) is 11.0. The zero-order valence-electron chi connectivity index (χ0n) is 14.1. The van der Waals surface area contributed by atoms with Crippen LogP contribution in [0.1, 0.15) is 0 Å². The number of pyridine rings is 1. The second kappa shape index (κ2) is 7.46. The molecule has 2 aromatic heterocycles. The quantitative estimate of drug-likeness (QED) is 0.518. The van der Waals surface area contributed by atoms with Crippen molar-refractivity contribution < 1.29 is 19.2 Å². The summed E-state index contributed by atoms with van der Waals surface area (Å²) in [6.07, 6.45) is 3.76. The van der Waals surface area contributed by atoms with Crippen molar-refractivity contribution in [2.24, 2.45) is 7.05 Å². The maximum absolute atomic E-state index is 12.4. The van der Waals surface area contributed by atoms with E-state index >= 15 is 0 Å². The topological polar surface area (TPSA) is 77.8 Å². The Bertz CT molecular complexity index is 913. The molecule has 0 saturated carbocycles. The van der Waals surface area contributed by atoms with Gasteiger partial charge in [0.2, 0.25) is 0 Å². The molecule has 0 aliphatic carbocycles. The Hall–Kier alpha value is -2.70. The molecule has 0 bridgehead atoms. The highest BCUT2D eigenvalue weighted by molar-refractivity contribution is 5.84. The largest absolute Gasteiger partial charge is 0.422 e. The lowest BCUT2D eigenvalue weighted by molar-refractivity contribution is -0.671. The first-order valence-corrected chi connectivity index (χ1v) is 8.12. The Labute approximate surface area is 145 Å². The monoisotopic (exact) mass is 341 g/mol. The Morgan fingerprint density at radius 1 is 1.04 bits per heavy atom. The van der Waals surface area contributed by atoms with Crippen molar-refractivity contribution in [3.8, 4) is 11.1 Å². The summed E-state index contributed by atoms with van der Waals surface area (Å²) >= 11 is 0. The highest BCUT2D eigenvalue weighted by Crippen LogP contribution is 2.24. The molecule has 0 fully saturated rings. The number of nitrogens with zero attached hydrogens (tertiary/aromatic N) is 2. The van der Waals surface area contributed by atoms with Crippen molar-refractivity contribution >= 4 is 16.7 Å². The molecule has 2 heterocycles. The van der Waals surface area contributed by atoms with Gasteiger partial charge in [0, 0.05) is 47.9 Å². The van der Waals surface area contributed by atoms with Gasteiger partial charge in [0.15, 0.2) is 12.4 Å². The lowest BCUT2D eigenvalue weighted by atomic mass is 10.1. The third kappa shape index (κ3) is 3.70. The lowest BCUT2D eigenvalue weighted by Crippen LogP contribution is -2.29. The molecular formula is C19H21N2O4+. The average Bonchev–Trinajstić information content (AvgIpc) is 2.61. The summed E-state index contributed by atoms with van der Waals surface area (Å²) in [5.41, 5.74) is 2.20. The number of hydrogen-bond donors (Lipinski definition) is 2. The smallest absolute Gasteiger partial charge is 0.344 e. The predicted octanol–water partition coefficient (Wildman–Crippen LogP) is 1.08. The first kappa shape index (κ1) is 17.1. The Balaban J connectivity index is 2.03. The van der Waals surface area contributed by atoms with Gasteiger partial charge >= 0.3 is 5.63 Å². The minimum absolute atomic E-state index is 0.0215. The van der Waals surface area contributed by atoms with E-state index in [0.717, 1.165) is 16.6 Å². The molecule has 0 amide bonds. The number of benzene rings is 1. The van der Waals surface area contributed by atoms with Gasteiger partial charge in [-0.1, -0.05) is 0 Å². The van der Waals surface area contributed by atoms with Crippen LogP contribution in [0.25, 0.3) is 22.1 Å². The van der Waals surface area contributed by atoms with Crippen LogP contribution in [0, 0.1) is 0 Å². The summed E-state index contributed by atoms with van der Waals surface area (Å²) in [7, 11) is 1.92. The third-order valence-corrected chi connectivity index (χ3v) is 4.11. The van der Waals surface area contributed by atoms with Crippen LogP contribution in [0.4, 0.5) is 5.69 Å². The molecule has 0 radical (unpaired) electrons. The Morgan fingerprint density at radius 2 is 1.72 bits per heavy atom. The van der Waals surface area contributed by atoms with Gasteiger partial charge in [-0.05, 0) is 18.2 Å². The van der Waals surface area contributed by atoms with Crippen molar-refractivity contribution in [3.05, 3.63) is 59.2 Å². The van der Waals surface area contributed by atoms with E-state index in [-0.39, 0.29) is 13.2 Å². The van der Waals surface area contributed by atoms with Gasteiger partial charge in [-0.2, -0.15) is 0 Å². The maximum atomic E-state index is 12.4. The van der Waals surface area contributed by atoms with E-state index in [4.69, 9.17) is 14.6 Å². The number of aliphatic hydroxyl groups is 2. The molecule has 0 atom stereocenters. The van der Waals surface area contributed by atoms with Gasteiger partial charge in [-0.15, -0.1) is 0 Å². The first-order chi connectivity index (χ1) is 12.1. The fraction of sp³-hybridized carbons (Fsp3) is 0.263. The number of rotatable bonds is 6. The third-order valence-electron chi connectivity index (χ3n) is 4.11. The highest BCUT2D eigenvalue weighted by atomic mass is 16.4. The van der Waals surface area contributed by atoms with E-state index in [0.29, 0.717) is 24.2 Å². The molecule has 130 valence electrons. The first-order valence-electron chi connectivity index (χ1n) is 8.12. The molecular weight excluding hydrogens is 320 g/mol. The van der Waals surface area contributed by atoms with E-state index in [1.165, 1.54) is 0 Å². The molecule has 0 aliphatic heterocycles. The van der Waals surface area contributed by atoms with Crippen LogP contribution in [-0.4, -0.2) is 36.5 Å². The lowest BCUT2D eigenvalue weighted by Gasteiger charge is -2.23. The predicted molar refractivity (Wildman–Crippen MR) is 95.5 cm³/mol. The van der Waals surface area contributed by atoms with Crippen LogP contribution in [-0.2, 0) is 7.05 Å². The van der Waals surface area contributed by atoms with Crippen molar-refractivity contribution in [2.75, 3.05) is 31.2 Å². The van der Waals surface area contributed by atoms with E-state index in [2.05, 4.69) is 0 Å². The van der Waals surface area contributed by atoms with Crippen molar-refractivity contribution in [1.82, 2.24) is 0 Å². The molecule has 6 nitrogen and oxygen atoms in total. The molecule has 25 heavy (non-hydrogen) atoms. The molecule has 2 N–H and O–H groups in total. The molecule has 6 heteroatoms. The molecule has 3 rings (SSSR count). The second-order valence-corrected chi connectivity index (χ2v) is 5.86. The second-order valence-electron chi connectivity index (χ2n) is 5.86. The van der Waals surface area contributed by atoms with Gasteiger partial charge in [-0.3, -0.25) is 0 Å². The van der Waals surface area contributed by atoms with Gasteiger partial charge in [0.05, 0.1) is 18.8 Å². The zero-order valence-corrected chi connectivity index (χ0v) is 14.1. The van der Waals surface area contributed by atoms with Crippen molar-refractivity contribution in [2.45, 2.75) is 0 Å². The summed E-state index contributed by atoms with van der Waals surface area (Å²) in [5, 5.41) is 19.2. The summed E-state index contributed by atoms with van der Waals surface area (Å²) in [4.78, 5) is 14.2. The van der Waals surface area contributed by atoms with Gasteiger partial charge in [0.1, 0.15) is 12.6 Å². The molecule has 0 spiro atoms. The maximum Gasteiger partial charge on any atom is 0.344 e. The number of hydrogen-bond acceptors (Lipinski definition) is 5. The number of aliphatic hydroxyl groups excluding tert-OH is 2. The molecule has 0 aliphatic rings. The van der Waals surface area contributed by atoms with Crippen LogP contribution in [0.3, 0.4) is 0 Å². The van der Waals surface area contributed by atoms with Crippen molar-refractivity contribution in [1.29, 1.82) is 0 Å². The van der Waals surface area contributed by atoms with E-state index in [1.54, 1.807) is 6.07 Å². The summed E-state index contributed by atoms with van der Waals surface area (Å²) in [6.45, 7) is 0.754. The summed E-state index contributed by atoms with van der Waals surface area (Å²) in [5.74, 6) is 0. The fourth-order valence-corrected chi connectivity index (χ4v) is 2.79. The van der Waals surface area contributed by atoms with Crippen LogP contribution >= 0.6 is 0 Å². The zero-order chi connectivity index (χ0) is 17.8. The fourth-order valence-electron chi connectivity index (χ4n) is 2.79.